The average Bonchev–Trinajstić information content (AvgIpc) is 2.52. The van der Waals surface area contributed by atoms with E-state index in [-0.39, 0.29) is 0 Å². The molecule has 0 spiro atoms. The second kappa shape index (κ2) is 3.66. The summed E-state index contributed by atoms with van der Waals surface area (Å²) in [7, 11) is 0. The highest BCUT2D eigenvalue weighted by atomic mass is 16.2. The SMILES string of the molecule is CC1CCCC1N1CCNCC1=O. The first kappa shape index (κ1) is 9.00. The number of rotatable bonds is 1. The van der Waals surface area contributed by atoms with Gasteiger partial charge in [0.2, 0.25) is 5.91 Å². The summed E-state index contributed by atoms with van der Waals surface area (Å²) >= 11 is 0. The molecule has 74 valence electrons. The Balaban J connectivity index is 2.01. The van der Waals surface area contributed by atoms with Gasteiger partial charge in [0.25, 0.3) is 0 Å². The van der Waals surface area contributed by atoms with Crippen molar-refractivity contribution in [3.05, 3.63) is 0 Å². The summed E-state index contributed by atoms with van der Waals surface area (Å²) in [5.74, 6) is 1.01. The number of hydrogen-bond donors (Lipinski definition) is 1. The molecule has 13 heavy (non-hydrogen) atoms. The van der Waals surface area contributed by atoms with Crippen molar-refractivity contribution in [1.29, 1.82) is 0 Å². The van der Waals surface area contributed by atoms with E-state index in [0.717, 1.165) is 13.1 Å². The van der Waals surface area contributed by atoms with Crippen molar-refractivity contribution >= 4 is 5.91 Å². The first-order chi connectivity index (χ1) is 6.29. The largest absolute Gasteiger partial charge is 0.337 e. The number of carbonyl (C=O) groups excluding carboxylic acids is 1. The van der Waals surface area contributed by atoms with E-state index < -0.39 is 0 Å². The molecule has 0 aromatic rings. The van der Waals surface area contributed by atoms with Gasteiger partial charge in [-0.1, -0.05) is 13.3 Å². The Morgan fingerprint density at radius 1 is 1.46 bits per heavy atom. The van der Waals surface area contributed by atoms with Crippen LogP contribution in [0, 0.1) is 5.92 Å². The Bertz CT molecular complexity index is 205. The molecule has 0 aromatic heterocycles. The van der Waals surface area contributed by atoms with E-state index in [1.807, 2.05) is 0 Å². The number of nitrogens with one attached hydrogen (secondary N) is 1. The molecule has 0 aromatic carbocycles. The zero-order valence-corrected chi connectivity index (χ0v) is 8.25. The van der Waals surface area contributed by atoms with Gasteiger partial charge < -0.3 is 10.2 Å². The van der Waals surface area contributed by atoms with Crippen molar-refractivity contribution in [2.75, 3.05) is 19.6 Å². The number of nitrogens with zero attached hydrogens (tertiary/aromatic N) is 1. The highest BCUT2D eigenvalue weighted by molar-refractivity contribution is 5.79. The Morgan fingerprint density at radius 2 is 2.31 bits per heavy atom. The maximum absolute atomic E-state index is 11.6. The maximum Gasteiger partial charge on any atom is 0.236 e. The Morgan fingerprint density at radius 3 is 2.92 bits per heavy atom. The topological polar surface area (TPSA) is 32.3 Å². The van der Waals surface area contributed by atoms with E-state index >= 15 is 0 Å². The van der Waals surface area contributed by atoms with Gasteiger partial charge in [-0.2, -0.15) is 0 Å². The van der Waals surface area contributed by atoms with Crippen LogP contribution in [0.2, 0.25) is 0 Å². The average molecular weight is 182 g/mol. The van der Waals surface area contributed by atoms with E-state index in [1.165, 1.54) is 19.3 Å². The third-order valence-corrected chi connectivity index (χ3v) is 3.34. The molecule has 0 radical (unpaired) electrons. The summed E-state index contributed by atoms with van der Waals surface area (Å²) in [6.07, 6.45) is 3.80. The predicted molar refractivity (Wildman–Crippen MR) is 51.4 cm³/mol. The molecule has 2 atom stereocenters. The molecule has 2 unspecified atom stereocenters. The number of amides is 1. The van der Waals surface area contributed by atoms with Crippen LogP contribution in [0.15, 0.2) is 0 Å². The Kier molecular flexibility index (Phi) is 2.54. The quantitative estimate of drug-likeness (QED) is 0.644. The van der Waals surface area contributed by atoms with Gasteiger partial charge in [0.05, 0.1) is 6.54 Å². The van der Waals surface area contributed by atoms with Crippen molar-refractivity contribution in [2.45, 2.75) is 32.2 Å². The maximum atomic E-state index is 11.6. The van der Waals surface area contributed by atoms with Gasteiger partial charge in [-0.15, -0.1) is 0 Å². The summed E-state index contributed by atoms with van der Waals surface area (Å²) in [5, 5.41) is 3.11. The Labute approximate surface area is 79.5 Å². The van der Waals surface area contributed by atoms with Crippen LogP contribution in [0.5, 0.6) is 0 Å². The molecule has 2 fully saturated rings. The fourth-order valence-electron chi connectivity index (χ4n) is 2.56. The van der Waals surface area contributed by atoms with Gasteiger partial charge in [0.1, 0.15) is 0 Å². The zero-order valence-electron chi connectivity index (χ0n) is 8.25. The molecule has 3 heteroatoms. The predicted octanol–water partition coefficient (Wildman–Crippen LogP) is 0.607. The van der Waals surface area contributed by atoms with Gasteiger partial charge in [-0.05, 0) is 18.8 Å². The van der Waals surface area contributed by atoms with E-state index in [0.29, 0.717) is 24.4 Å². The molecular formula is C10H18N2O. The van der Waals surface area contributed by atoms with Crippen LogP contribution >= 0.6 is 0 Å². The third kappa shape index (κ3) is 1.70. The van der Waals surface area contributed by atoms with Crippen LogP contribution < -0.4 is 5.32 Å². The molecule has 0 bridgehead atoms. The standard InChI is InChI=1S/C10H18N2O/c1-8-3-2-4-9(8)12-6-5-11-7-10(12)13/h8-9,11H,2-7H2,1H3. The lowest BCUT2D eigenvalue weighted by atomic mass is 10.0. The lowest BCUT2D eigenvalue weighted by Gasteiger charge is -2.35. The highest BCUT2D eigenvalue weighted by Crippen LogP contribution is 2.29. The summed E-state index contributed by atoms with van der Waals surface area (Å²) in [6.45, 7) is 4.69. The van der Waals surface area contributed by atoms with Crippen LogP contribution in [-0.4, -0.2) is 36.5 Å². The second-order valence-electron chi connectivity index (χ2n) is 4.24. The van der Waals surface area contributed by atoms with Crippen LogP contribution in [0.4, 0.5) is 0 Å². The van der Waals surface area contributed by atoms with Gasteiger partial charge in [-0.25, -0.2) is 0 Å². The first-order valence-electron chi connectivity index (χ1n) is 5.29. The first-order valence-corrected chi connectivity index (χ1v) is 5.29. The van der Waals surface area contributed by atoms with E-state index in [9.17, 15) is 4.79 Å². The molecule has 2 aliphatic rings. The summed E-state index contributed by atoms with van der Waals surface area (Å²) in [4.78, 5) is 13.7. The second-order valence-corrected chi connectivity index (χ2v) is 4.24. The molecule has 3 nitrogen and oxygen atoms in total. The minimum absolute atomic E-state index is 0.296. The fraction of sp³-hybridized carbons (Fsp3) is 0.900. The van der Waals surface area contributed by atoms with Gasteiger partial charge in [0, 0.05) is 19.1 Å². The van der Waals surface area contributed by atoms with E-state index in [2.05, 4.69) is 17.1 Å². The van der Waals surface area contributed by atoms with Crippen molar-refractivity contribution in [3.8, 4) is 0 Å². The van der Waals surface area contributed by atoms with Crippen molar-refractivity contribution in [2.24, 2.45) is 5.92 Å². The van der Waals surface area contributed by atoms with Crippen LogP contribution in [0.3, 0.4) is 0 Å². The molecule has 1 saturated carbocycles. The molecular weight excluding hydrogens is 164 g/mol. The van der Waals surface area contributed by atoms with Gasteiger partial charge in [-0.3, -0.25) is 4.79 Å². The van der Waals surface area contributed by atoms with Crippen molar-refractivity contribution in [1.82, 2.24) is 10.2 Å². The monoisotopic (exact) mass is 182 g/mol. The van der Waals surface area contributed by atoms with Gasteiger partial charge in [0.15, 0.2) is 0 Å². The lowest BCUT2D eigenvalue weighted by Crippen LogP contribution is -2.53. The smallest absolute Gasteiger partial charge is 0.236 e. The summed E-state index contributed by atoms with van der Waals surface area (Å²) in [5.41, 5.74) is 0. The number of carbonyl (C=O) groups is 1. The highest BCUT2D eigenvalue weighted by Gasteiger charge is 2.32. The van der Waals surface area contributed by atoms with Crippen molar-refractivity contribution < 1.29 is 4.79 Å². The Hall–Kier alpha value is -0.570. The van der Waals surface area contributed by atoms with Crippen molar-refractivity contribution in [3.63, 3.8) is 0 Å². The molecule has 1 N–H and O–H groups in total. The molecule has 1 amide bonds. The fourth-order valence-corrected chi connectivity index (χ4v) is 2.56. The van der Waals surface area contributed by atoms with E-state index in [1.54, 1.807) is 0 Å². The van der Waals surface area contributed by atoms with Gasteiger partial charge >= 0.3 is 0 Å². The van der Waals surface area contributed by atoms with Crippen LogP contribution in [-0.2, 0) is 4.79 Å². The number of piperazine rings is 1. The minimum atomic E-state index is 0.296. The van der Waals surface area contributed by atoms with Crippen LogP contribution in [0.1, 0.15) is 26.2 Å². The zero-order chi connectivity index (χ0) is 9.26. The molecule has 1 aliphatic heterocycles. The summed E-state index contributed by atoms with van der Waals surface area (Å²) < 4.78 is 0. The van der Waals surface area contributed by atoms with Crippen LogP contribution in [0.25, 0.3) is 0 Å². The normalized spacial score (nSPS) is 35.5. The molecule has 1 saturated heterocycles. The molecule has 1 aliphatic carbocycles. The van der Waals surface area contributed by atoms with E-state index in [4.69, 9.17) is 0 Å². The summed E-state index contributed by atoms with van der Waals surface area (Å²) in [6, 6.07) is 0.537. The number of hydrogen-bond acceptors (Lipinski definition) is 2. The lowest BCUT2D eigenvalue weighted by molar-refractivity contribution is -0.135. The third-order valence-electron chi connectivity index (χ3n) is 3.34. The minimum Gasteiger partial charge on any atom is -0.337 e. The molecule has 2 rings (SSSR count). The molecule has 1 heterocycles.